The van der Waals surface area contributed by atoms with E-state index in [1.54, 1.807) is 12.3 Å². The average Bonchev–Trinajstić information content (AvgIpc) is 2.83. The van der Waals surface area contributed by atoms with Crippen LogP contribution >= 0.6 is 12.2 Å². The molecule has 0 fully saturated rings. The van der Waals surface area contributed by atoms with Gasteiger partial charge in [-0.05, 0) is 31.5 Å². The summed E-state index contributed by atoms with van der Waals surface area (Å²) in [5, 5.41) is 7.98. The van der Waals surface area contributed by atoms with Crippen molar-refractivity contribution in [3.63, 3.8) is 0 Å². The molecule has 0 aliphatic carbocycles. The van der Waals surface area contributed by atoms with E-state index < -0.39 is 0 Å². The predicted octanol–water partition coefficient (Wildman–Crippen LogP) is 1.90. The van der Waals surface area contributed by atoms with Gasteiger partial charge in [0.2, 0.25) is 5.88 Å². The highest BCUT2D eigenvalue weighted by Gasteiger charge is 2.15. The van der Waals surface area contributed by atoms with E-state index in [2.05, 4.69) is 10.2 Å². The zero-order chi connectivity index (χ0) is 13.1. The highest BCUT2D eigenvalue weighted by molar-refractivity contribution is 7.80. The van der Waals surface area contributed by atoms with Crippen LogP contribution in [-0.2, 0) is 6.61 Å². The SMILES string of the molecule is Cc1nnc(OCc2ccco2)c(C(N)=S)c1C. The molecule has 5 nitrogen and oxygen atoms in total. The summed E-state index contributed by atoms with van der Waals surface area (Å²) in [5.74, 6) is 1.03. The van der Waals surface area contributed by atoms with Gasteiger partial charge in [0.25, 0.3) is 0 Å². The molecule has 2 aromatic heterocycles. The molecule has 0 aliphatic heterocycles. The lowest BCUT2D eigenvalue weighted by Crippen LogP contribution is -2.16. The predicted molar refractivity (Wildman–Crippen MR) is 70.4 cm³/mol. The van der Waals surface area contributed by atoms with Crippen molar-refractivity contribution in [2.24, 2.45) is 5.73 Å². The molecular formula is C12H13N3O2S. The third-order valence-corrected chi connectivity index (χ3v) is 2.80. The molecule has 0 saturated heterocycles. The van der Waals surface area contributed by atoms with Crippen molar-refractivity contribution in [2.45, 2.75) is 20.5 Å². The van der Waals surface area contributed by atoms with Crippen molar-refractivity contribution < 1.29 is 9.15 Å². The molecule has 18 heavy (non-hydrogen) atoms. The van der Waals surface area contributed by atoms with Crippen molar-refractivity contribution in [1.82, 2.24) is 10.2 Å². The first kappa shape index (κ1) is 12.5. The summed E-state index contributed by atoms with van der Waals surface area (Å²) in [6, 6.07) is 3.61. The van der Waals surface area contributed by atoms with Gasteiger partial charge in [-0.2, -0.15) is 5.10 Å². The summed E-state index contributed by atoms with van der Waals surface area (Å²) in [6.45, 7) is 4.00. The molecule has 0 radical (unpaired) electrons. The Morgan fingerprint density at radius 3 is 2.83 bits per heavy atom. The first-order valence-electron chi connectivity index (χ1n) is 5.38. The molecule has 0 amide bonds. The number of thiocarbonyl (C=S) groups is 1. The van der Waals surface area contributed by atoms with Gasteiger partial charge in [-0.1, -0.05) is 12.2 Å². The van der Waals surface area contributed by atoms with Crippen LogP contribution in [-0.4, -0.2) is 15.2 Å². The Balaban J connectivity index is 2.27. The van der Waals surface area contributed by atoms with Crippen LogP contribution in [0.4, 0.5) is 0 Å². The summed E-state index contributed by atoms with van der Waals surface area (Å²) in [4.78, 5) is 0.250. The molecule has 0 atom stereocenters. The van der Waals surface area contributed by atoms with Gasteiger partial charge in [0.05, 0.1) is 17.5 Å². The normalized spacial score (nSPS) is 10.3. The molecule has 0 bridgehead atoms. The van der Waals surface area contributed by atoms with E-state index in [-0.39, 0.29) is 11.6 Å². The van der Waals surface area contributed by atoms with Crippen LogP contribution in [0.1, 0.15) is 22.6 Å². The molecule has 2 heterocycles. The van der Waals surface area contributed by atoms with Gasteiger partial charge in [0.1, 0.15) is 17.4 Å². The molecule has 0 saturated carbocycles. The fourth-order valence-electron chi connectivity index (χ4n) is 1.51. The summed E-state index contributed by atoms with van der Waals surface area (Å²) in [5.41, 5.74) is 7.98. The number of nitrogens with zero attached hydrogens (tertiary/aromatic N) is 2. The minimum Gasteiger partial charge on any atom is -0.468 e. The topological polar surface area (TPSA) is 74.2 Å². The Morgan fingerprint density at radius 2 is 2.22 bits per heavy atom. The number of hydrogen-bond donors (Lipinski definition) is 1. The fraction of sp³-hybridized carbons (Fsp3) is 0.250. The molecule has 0 aliphatic rings. The standard InChI is InChI=1S/C12H13N3O2S/c1-7-8(2)14-15-12(10(7)11(13)18)17-6-9-4-3-5-16-9/h3-5H,6H2,1-2H3,(H2,13,18). The van der Waals surface area contributed by atoms with Gasteiger partial charge in [0, 0.05) is 0 Å². The highest BCUT2D eigenvalue weighted by atomic mass is 32.1. The smallest absolute Gasteiger partial charge is 0.244 e. The maximum Gasteiger partial charge on any atom is 0.244 e. The minimum atomic E-state index is 0.250. The molecular weight excluding hydrogens is 250 g/mol. The number of nitrogens with two attached hydrogens (primary N) is 1. The van der Waals surface area contributed by atoms with Gasteiger partial charge in [0.15, 0.2) is 0 Å². The second-order valence-corrected chi connectivity index (χ2v) is 4.26. The molecule has 94 valence electrons. The first-order valence-corrected chi connectivity index (χ1v) is 5.79. The number of furan rings is 1. The summed E-state index contributed by atoms with van der Waals surface area (Å²) in [7, 11) is 0. The summed E-state index contributed by atoms with van der Waals surface area (Å²) >= 11 is 5.02. The van der Waals surface area contributed by atoms with Crippen LogP contribution in [0.15, 0.2) is 22.8 Å². The third-order valence-electron chi connectivity index (χ3n) is 2.60. The van der Waals surface area contributed by atoms with Crippen molar-refractivity contribution in [3.05, 3.63) is 41.0 Å². The second-order valence-electron chi connectivity index (χ2n) is 3.82. The van der Waals surface area contributed by atoms with Crippen LogP contribution in [0.5, 0.6) is 5.88 Å². The zero-order valence-corrected chi connectivity index (χ0v) is 11.0. The number of aryl methyl sites for hydroxylation is 1. The van der Waals surface area contributed by atoms with Gasteiger partial charge in [-0.15, -0.1) is 5.10 Å². The van der Waals surface area contributed by atoms with Gasteiger partial charge in [-0.25, -0.2) is 0 Å². The Morgan fingerprint density at radius 1 is 1.44 bits per heavy atom. The Hall–Kier alpha value is -1.95. The molecule has 0 unspecified atom stereocenters. The number of ether oxygens (including phenoxy) is 1. The lowest BCUT2D eigenvalue weighted by molar-refractivity contribution is 0.257. The first-order chi connectivity index (χ1) is 8.59. The van der Waals surface area contributed by atoms with Crippen LogP contribution < -0.4 is 10.5 Å². The van der Waals surface area contributed by atoms with Crippen molar-refractivity contribution >= 4 is 17.2 Å². The Kier molecular flexibility index (Phi) is 3.57. The highest BCUT2D eigenvalue weighted by Crippen LogP contribution is 2.21. The van der Waals surface area contributed by atoms with Gasteiger partial charge < -0.3 is 14.9 Å². The lowest BCUT2D eigenvalue weighted by Gasteiger charge is -2.11. The fourth-order valence-corrected chi connectivity index (χ4v) is 1.75. The average molecular weight is 263 g/mol. The quantitative estimate of drug-likeness (QED) is 0.849. The largest absolute Gasteiger partial charge is 0.468 e. The second kappa shape index (κ2) is 5.14. The molecule has 2 aromatic rings. The molecule has 0 aromatic carbocycles. The van der Waals surface area contributed by atoms with Crippen molar-refractivity contribution in [1.29, 1.82) is 0 Å². The molecule has 6 heteroatoms. The lowest BCUT2D eigenvalue weighted by atomic mass is 10.1. The number of aromatic nitrogens is 2. The van der Waals surface area contributed by atoms with E-state index in [0.717, 1.165) is 11.3 Å². The molecule has 2 N–H and O–H groups in total. The van der Waals surface area contributed by atoms with Crippen LogP contribution in [0.3, 0.4) is 0 Å². The van der Waals surface area contributed by atoms with Crippen molar-refractivity contribution in [2.75, 3.05) is 0 Å². The van der Waals surface area contributed by atoms with E-state index in [9.17, 15) is 0 Å². The molecule has 0 spiro atoms. The maximum atomic E-state index is 5.69. The minimum absolute atomic E-state index is 0.250. The third kappa shape index (κ3) is 2.48. The summed E-state index contributed by atoms with van der Waals surface area (Å²) < 4.78 is 10.7. The Labute approximate surface area is 110 Å². The van der Waals surface area contributed by atoms with E-state index in [0.29, 0.717) is 17.2 Å². The summed E-state index contributed by atoms with van der Waals surface area (Å²) in [6.07, 6.45) is 1.58. The van der Waals surface area contributed by atoms with Gasteiger partial charge >= 0.3 is 0 Å². The van der Waals surface area contributed by atoms with Crippen LogP contribution in [0, 0.1) is 13.8 Å². The Bertz CT molecular complexity index is 567. The van der Waals surface area contributed by atoms with E-state index in [1.165, 1.54) is 0 Å². The zero-order valence-electron chi connectivity index (χ0n) is 10.1. The van der Waals surface area contributed by atoms with Crippen molar-refractivity contribution in [3.8, 4) is 5.88 Å². The number of hydrogen-bond acceptors (Lipinski definition) is 5. The number of rotatable bonds is 4. The van der Waals surface area contributed by atoms with Crippen LogP contribution in [0.2, 0.25) is 0 Å². The molecule has 2 rings (SSSR count). The maximum absolute atomic E-state index is 5.69. The monoisotopic (exact) mass is 263 g/mol. The van der Waals surface area contributed by atoms with E-state index >= 15 is 0 Å². The van der Waals surface area contributed by atoms with E-state index in [4.69, 9.17) is 27.1 Å². The van der Waals surface area contributed by atoms with Gasteiger partial charge in [-0.3, -0.25) is 0 Å². The van der Waals surface area contributed by atoms with E-state index in [1.807, 2.05) is 19.9 Å². The van der Waals surface area contributed by atoms with Crippen LogP contribution in [0.25, 0.3) is 0 Å².